The SMILES string of the molecule is CCC(C(=O)Nc1cccc(N)c1)N(CC)Cc1ccccc1. The Kier molecular flexibility index (Phi) is 6.18. The number of nitrogens with one attached hydrogen (secondary N) is 1. The number of hydrogen-bond donors (Lipinski definition) is 2. The van der Waals surface area contributed by atoms with E-state index in [1.54, 1.807) is 12.1 Å². The molecular formula is C19H25N3O. The van der Waals surface area contributed by atoms with Crippen LogP contribution in [0.2, 0.25) is 0 Å². The number of carbonyl (C=O) groups excluding carboxylic acids is 1. The summed E-state index contributed by atoms with van der Waals surface area (Å²) in [5.41, 5.74) is 8.37. The Hall–Kier alpha value is -2.33. The third-order valence-electron chi connectivity index (χ3n) is 3.92. The third kappa shape index (κ3) is 4.83. The summed E-state index contributed by atoms with van der Waals surface area (Å²) < 4.78 is 0. The molecule has 3 N–H and O–H groups in total. The number of hydrogen-bond acceptors (Lipinski definition) is 3. The first-order chi connectivity index (χ1) is 11.1. The molecule has 0 spiro atoms. The number of anilines is 2. The van der Waals surface area contributed by atoms with Crippen LogP contribution >= 0.6 is 0 Å². The second-order valence-electron chi connectivity index (χ2n) is 5.59. The highest BCUT2D eigenvalue weighted by Gasteiger charge is 2.23. The van der Waals surface area contributed by atoms with Gasteiger partial charge in [-0.05, 0) is 36.7 Å². The summed E-state index contributed by atoms with van der Waals surface area (Å²) in [6.45, 7) is 5.70. The highest BCUT2D eigenvalue weighted by molar-refractivity contribution is 5.95. The molecule has 0 aliphatic heterocycles. The van der Waals surface area contributed by atoms with E-state index in [4.69, 9.17) is 5.73 Å². The molecule has 2 aromatic carbocycles. The Balaban J connectivity index is 2.08. The van der Waals surface area contributed by atoms with Gasteiger partial charge >= 0.3 is 0 Å². The zero-order valence-corrected chi connectivity index (χ0v) is 13.8. The van der Waals surface area contributed by atoms with Crippen LogP contribution in [0.3, 0.4) is 0 Å². The minimum absolute atomic E-state index is 0.0101. The molecule has 122 valence electrons. The van der Waals surface area contributed by atoms with E-state index < -0.39 is 0 Å². The quantitative estimate of drug-likeness (QED) is 0.769. The van der Waals surface area contributed by atoms with Crippen molar-refractivity contribution in [3.8, 4) is 0 Å². The van der Waals surface area contributed by atoms with Gasteiger partial charge in [0.1, 0.15) is 0 Å². The summed E-state index contributed by atoms with van der Waals surface area (Å²) >= 11 is 0. The van der Waals surface area contributed by atoms with Crippen LogP contribution in [-0.2, 0) is 11.3 Å². The molecule has 0 aliphatic carbocycles. The largest absolute Gasteiger partial charge is 0.399 e. The monoisotopic (exact) mass is 311 g/mol. The van der Waals surface area contributed by atoms with E-state index >= 15 is 0 Å². The number of likely N-dealkylation sites (N-methyl/N-ethyl adjacent to an activating group) is 1. The summed E-state index contributed by atoms with van der Waals surface area (Å²) in [6.07, 6.45) is 0.759. The molecule has 2 rings (SSSR count). The lowest BCUT2D eigenvalue weighted by molar-refractivity contribution is -0.121. The van der Waals surface area contributed by atoms with Crippen LogP contribution in [0.25, 0.3) is 0 Å². The predicted molar refractivity (Wildman–Crippen MR) is 96.1 cm³/mol. The van der Waals surface area contributed by atoms with Gasteiger partial charge in [0.15, 0.2) is 0 Å². The third-order valence-corrected chi connectivity index (χ3v) is 3.92. The predicted octanol–water partition coefficient (Wildman–Crippen LogP) is 3.51. The van der Waals surface area contributed by atoms with Gasteiger partial charge in [-0.1, -0.05) is 50.2 Å². The standard InChI is InChI=1S/C19H25N3O/c1-3-18(19(23)21-17-12-8-11-16(20)13-17)22(4-2)14-15-9-6-5-7-10-15/h5-13,18H,3-4,14,20H2,1-2H3,(H,21,23). The fraction of sp³-hybridized carbons (Fsp3) is 0.316. The van der Waals surface area contributed by atoms with Crippen molar-refractivity contribution in [1.82, 2.24) is 4.90 Å². The van der Waals surface area contributed by atoms with Gasteiger partial charge in [0.25, 0.3) is 0 Å². The van der Waals surface area contributed by atoms with Crippen LogP contribution in [0.5, 0.6) is 0 Å². The second-order valence-corrected chi connectivity index (χ2v) is 5.59. The average molecular weight is 311 g/mol. The average Bonchev–Trinajstić information content (AvgIpc) is 2.55. The van der Waals surface area contributed by atoms with Gasteiger partial charge in [-0.3, -0.25) is 9.69 Å². The van der Waals surface area contributed by atoms with Crippen LogP contribution in [0, 0.1) is 0 Å². The Morgan fingerprint density at radius 3 is 2.48 bits per heavy atom. The van der Waals surface area contributed by atoms with Crippen LogP contribution in [0.4, 0.5) is 11.4 Å². The lowest BCUT2D eigenvalue weighted by Crippen LogP contribution is -2.43. The van der Waals surface area contributed by atoms with Crippen LogP contribution in [0.15, 0.2) is 54.6 Å². The van der Waals surface area contributed by atoms with E-state index in [0.29, 0.717) is 5.69 Å². The molecule has 1 amide bonds. The van der Waals surface area contributed by atoms with E-state index in [2.05, 4.69) is 29.3 Å². The number of amides is 1. The molecule has 23 heavy (non-hydrogen) atoms. The minimum Gasteiger partial charge on any atom is -0.399 e. The summed E-state index contributed by atoms with van der Waals surface area (Å²) in [4.78, 5) is 14.8. The Bertz CT molecular complexity index is 628. The highest BCUT2D eigenvalue weighted by Crippen LogP contribution is 2.16. The van der Waals surface area contributed by atoms with E-state index in [0.717, 1.165) is 25.2 Å². The fourth-order valence-electron chi connectivity index (χ4n) is 2.71. The smallest absolute Gasteiger partial charge is 0.241 e. The first-order valence-electron chi connectivity index (χ1n) is 8.08. The first kappa shape index (κ1) is 17.0. The Morgan fingerprint density at radius 2 is 1.87 bits per heavy atom. The molecule has 0 aromatic heterocycles. The summed E-state index contributed by atoms with van der Waals surface area (Å²) in [5.74, 6) is 0.0101. The first-order valence-corrected chi connectivity index (χ1v) is 8.08. The molecule has 0 saturated heterocycles. The molecule has 1 atom stereocenters. The van der Waals surface area contributed by atoms with Crippen molar-refractivity contribution >= 4 is 17.3 Å². The normalized spacial score (nSPS) is 12.1. The van der Waals surface area contributed by atoms with Gasteiger partial charge in [0.2, 0.25) is 5.91 Å². The van der Waals surface area contributed by atoms with Crippen LogP contribution in [-0.4, -0.2) is 23.4 Å². The fourth-order valence-corrected chi connectivity index (χ4v) is 2.71. The maximum absolute atomic E-state index is 12.7. The molecule has 0 heterocycles. The van der Waals surface area contributed by atoms with Gasteiger partial charge in [-0.15, -0.1) is 0 Å². The Labute approximate surface area is 138 Å². The number of nitrogens with zero attached hydrogens (tertiary/aromatic N) is 1. The molecule has 0 saturated carbocycles. The highest BCUT2D eigenvalue weighted by atomic mass is 16.2. The zero-order chi connectivity index (χ0) is 16.7. The number of nitrogen functional groups attached to an aromatic ring is 1. The van der Waals surface area contributed by atoms with Gasteiger partial charge < -0.3 is 11.1 Å². The molecule has 4 heteroatoms. The van der Waals surface area contributed by atoms with Crippen LogP contribution < -0.4 is 11.1 Å². The van der Waals surface area contributed by atoms with Crippen LogP contribution in [0.1, 0.15) is 25.8 Å². The van der Waals surface area contributed by atoms with Crippen molar-refractivity contribution in [2.75, 3.05) is 17.6 Å². The number of nitrogens with two attached hydrogens (primary N) is 1. The number of carbonyl (C=O) groups is 1. The summed E-state index contributed by atoms with van der Waals surface area (Å²) in [7, 11) is 0. The molecule has 2 aromatic rings. The summed E-state index contributed by atoms with van der Waals surface area (Å²) in [6, 6.07) is 17.3. The number of rotatable bonds is 7. The summed E-state index contributed by atoms with van der Waals surface area (Å²) in [5, 5.41) is 2.97. The van der Waals surface area contributed by atoms with Gasteiger partial charge in [0, 0.05) is 17.9 Å². The maximum Gasteiger partial charge on any atom is 0.241 e. The van der Waals surface area contributed by atoms with E-state index in [-0.39, 0.29) is 11.9 Å². The lowest BCUT2D eigenvalue weighted by atomic mass is 10.1. The maximum atomic E-state index is 12.7. The second kappa shape index (κ2) is 8.34. The van der Waals surface area contributed by atoms with Crippen molar-refractivity contribution in [1.29, 1.82) is 0 Å². The van der Waals surface area contributed by atoms with E-state index in [1.807, 2.05) is 37.3 Å². The van der Waals surface area contributed by atoms with E-state index in [1.165, 1.54) is 5.56 Å². The van der Waals surface area contributed by atoms with Crippen molar-refractivity contribution in [3.63, 3.8) is 0 Å². The van der Waals surface area contributed by atoms with Crippen molar-refractivity contribution in [2.24, 2.45) is 0 Å². The molecule has 0 fully saturated rings. The van der Waals surface area contributed by atoms with Gasteiger partial charge in [-0.2, -0.15) is 0 Å². The van der Waals surface area contributed by atoms with Crippen molar-refractivity contribution < 1.29 is 4.79 Å². The number of benzene rings is 2. The molecule has 1 unspecified atom stereocenters. The topological polar surface area (TPSA) is 58.4 Å². The van der Waals surface area contributed by atoms with Gasteiger partial charge in [0.05, 0.1) is 6.04 Å². The molecular weight excluding hydrogens is 286 g/mol. The zero-order valence-electron chi connectivity index (χ0n) is 13.8. The van der Waals surface area contributed by atoms with Crippen molar-refractivity contribution in [2.45, 2.75) is 32.9 Å². The van der Waals surface area contributed by atoms with Crippen molar-refractivity contribution in [3.05, 3.63) is 60.2 Å². The minimum atomic E-state index is -0.165. The lowest BCUT2D eigenvalue weighted by Gasteiger charge is -2.29. The van der Waals surface area contributed by atoms with E-state index in [9.17, 15) is 4.79 Å². The Morgan fingerprint density at radius 1 is 1.13 bits per heavy atom. The van der Waals surface area contributed by atoms with Gasteiger partial charge in [-0.25, -0.2) is 0 Å². The molecule has 0 bridgehead atoms. The molecule has 4 nitrogen and oxygen atoms in total. The molecule has 0 radical (unpaired) electrons. The molecule has 0 aliphatic rings.